The molecule has 1 aliphatic heterocycles. The molecule has 0 saturated carbocycles. The Morgan fingerprint density at radius 1 is 1.18 bits per heavy atom. The van der Waals surface area contributed by atoms with Crippen LogP contribution in [-0.2, 0) is 14.4 Å². The van der Waals surface area contributed by atoms with Crippen molar-refractivity contribution in [1.82, 2.24) is 4.90 Å². The number of rotatable bonds is 5. The zero-order valence-corrected chi connectivity index (χ0v) is 9.72. The maximum atomic E-state index is 11.6. The van der Waals surface area contributed by atoms with E-state index < -0.39 is 5.97 Å². The molecule has 1 aliphatic rings. The Hall–Kier alpha value is -1.59. The van der Waals surface area contributed by atoms with Gasteiger partial charge in [0, 0.05) is 25.9 Å². The molecule has 0 radical (unpaired) electrons. The van der Waals surface area contributed by atoms with Gasteiger partial charge in [0.15, 0.2) is 0 Å². The first-order chi connectivity index (χ1) is 7.99. The fourth-order valence-electron chi connectivity index (χ4n) is 2.04. The Labute approximate surface area is 99.8 Å². The molecule has 0 atom stereocenters. The number of carboxylic acid groups (broad SMARTS) is 1. The second kappa shape index (κ2) is 6.22. The van der Waals surface area contributed by atoms with Gasteiger partial charge in [-0.3, -0.25) is 14.4 Å². The van der Waals surface area contributed by atoms with Crippen LogP contribution in [0, 0.1) is 5.92 Å². The van der Waals surface area contributed by atoms with Crippen molar-refractivity contribution < 1.29 is 19.5 Å². The molecule has 0 aromatic carbocycles. The summed E-state index contributed by atoms with van der Waals surface area (Å²) in [6.07, 6.45) is 1.83. The average molecular weight is 242 g/mol. The molecule has 0 bridgehead atoms. The zero-order valence-electron chi connectivity index (χ0n) is 9.72. The second-order valence-electron chi connectivity index (χ2n) is 4.39. The van der Waals surface area contributed by atoms with Crippen LogP contribution >= 0.6 is 0 Å². The molecule has 17 heavy (non-hydrogen) atoms. The molecule has 0 spiro atoms. The number of hydrogen-bond acceptors (Lipinski definition) is 3. The van der Waals surface area contributed by atoms with E-state index in [1.807, 2.05) is 0 Å². The van der Waals surface area contributed by atoms with Crippen molar-refractivity contribution in [1.29, 1.82) is 0 Å². The lowest BCUT2D eigenvalue weighted by Crippen LogP contribution is -2.39. The van der Waals surface area contributed by atoms with Gasteiger partial charge >= 0.3 is 5.97 Å². The van der Waals surface area contributed by atoms with Crippen molar-refractivity contribution in [3.8, 4) is 0 Å². The molecule has 6 heteroatoms. The normalized spacial score (nSPS) is 16.8. The molecule has 3 N–H and O–H groups in total. The first-order valence-electron chi connectivity index (χ1n) is 5.77. The number of hydrogen-bond donors (Lipinski definition) is 2. The van der Waals surface area contributed by atoms with Crippen LogP contribution in [0.15, 0.2) is 0 Å². The third-order valence-corrected chi connectivity index (χ3v) is 3.01. The number of piperidine rings is 1. The summed E-state index contributed by atoms with van der Waals surface area (Å²) in [5.74, 6) is -1.12. The fourth-order valence-corrected chi connectivity index (χ4v) is 2.04. The van der Waals surface area contributed by atoms with E-state index in [2.05, 4.69) is 0 Å². The number of nitrogens with two attached hydrogens (primary N) is 1. The SMILES string of the molecule is NC(=O)CC1CCN(C(=O)CCC(=O)O)CC1. The van der Waals surface area contributed by atoms with E-state index in [1.165, 1.54) is 0 Å². The van der Waals surface area contributed by atoms with Crippen LogP contribution in [0.4, 0.5) is 0 Å². The molecule has 0 aliphatic carbocycles. The topological polar surface area (TPSA) is 101 Å². The van der Waals surface area contributed by atoms with E-state index in [9.17, 15) is 14.4 Å². The van der Waals surface area contributed by atoms with Crippen LogP contribution in [0.1, 0.15) is 32.1 Å². The van der Waals surface area contributed by atoms with Crippen LogP contribution in [0.25, 0.3) is 0 Å². The minimum atomic E-state index is -0.957. The van der Waals surface area contributed by atoms with E-state index in [0.717, 1.165) is 12.8 Å². The van der Waals surface area contributed by atoms with Gasteiger partial charge in [-0.1, -0.05) is 0 Å². The van der Waals surface area contributed by atoms with Crippen molar-refractivity contribution in [2.45, 2.75) is 32.1 Å². The standard InChI is InChI=1S/C11H18N2O4/c12-9(14)7-8-3-5-13(6-4-8)10(15)1-2-11(16)17/h8H,1-7H2,(H2,12,14)(H,16,17). The van der Waals surface area contributed by atoms with E-state index >= 15 is 0 Å². The van der Waals surface area contributed by atoms with E-state index in [1.54, 1.807) is 4.90 Å². The van der Waals surface area contributed by atoms with Crippen molar-refractivity contribution in [3.05, 3.63) is 0 Å². The highest BCUT2D eigenvalue weighted by molar-refractivity contribution is 5.80. The molecule has 96 valence electrons. The number of likely N-dealkylation sites (tertiary alicyclic amines) is 1. The minimum absolute atomic E-state index is 0.0514. The highest BCUT2D eigenvalue weighted by atomic mass is 16.4. The van der Waals surface area contributed by atoms with Crippen LogP contribution < -0.4 is 5.73 Å². The molecule has 6 nitrogen and oxygen atoms in total. The zero-order chi connectivity index (χ0) is 12.8. The Balaban J connectivity index is 2.28. The van der Waals surface area contributed by atoms with Gasteiger partial charge in [-0.2, -0.15) is 0 Å². The number of carbonyl (C=O) groups is 3. The maximum absolute atomic E-state index is 11.6. The molecule has 1 saturated heterocycles. The quantitative estimate of drug-likeness (QED) is 0.706. The summed E-state index contributed by atoms with van der Waals surface area (Å²) < 4.78 is 0. The van der Waals surface area contributed by atoms with Gasteiger partial charge in [0.25, 0.3) is 0 Å². The molecular formula is C11H18N2O4. The number of primary amides is 1. The molecule has 1 fully saturated rings. The Kier molecular flexibility index (Phi) is 4.93. The second-order valence-corrected chi connectivity index (χ2v) is 4.39. The third-order valence-electron chi connectivity index (χ3n) is 3.01. The van der Waals surface area contributed by atoms with Crippen molar-refractivity contribution in [3.63, 3.8) is 0 Å². The lowest BCUT2D eigenvalue weighted by molar-refractivity contribution is -0.141. The third kappa shape index (κ3) is 4.84. The van der Waals surface area contributed by atoms with Gasteiger partial charge in [0.1, 0.15) is 0 Å². The molecule has 1 rings (SSSR count). The largest absolute Gasteiger partial charge is 0.481 e. The van der Waals surface area contributed by atoms with E-state index in [4.69, 9.17) is 10.8 Å². The van der Waals surface area contributed by atoms with Crippen LogP contribution in [0.3, 0.4) is 0 Å². The number of carbonyl (C=O) groups excluding carboxylic acids is 2. The summed E-state index contributed by atoms with van der Waals surface area (Å²) in [6, 6.07) is 0. The predicted molar refractivity (Wildman–Crippen MR) is 60.0 cm³/mol. The van der Waals surface area contributed by atoms with Crippen molar-refractivity contribution >= 4 is 17.8 Å². The van der Waals surface area contributed by atoms with Crippen molar-refractivity contribution in [2.24, 2.45) is 11.7 Å². The van der Waals surface area contributed by atoms with Gasteiger partial charge in [0.05, 0.1) is 6.42 Å². The number of amides is 2. The Morgan fingerprint density at radius 3 is 2.24 bits per heavy atom. The molecule has 0 aromatic rings. The summed E-state index contributed by atoms with van der Waals surface area (Å²) in [6.45, 7) is 1.19. The van der Waals surface area contributed by atoms with Gasteiger partial charge in [0.2, 0.25) is 11.8 Å². The maximum Gasteiger partial charge on any atom is 0.303 e. The molecule has 2 amide bonds. The monoisotopic (exact) mass is 242 g/mol. The van der Waals surface area contributed by atoms with E-state index in [-0.39, 0.29) is 30.6 Å². The molecule has 0 aromatic heterocycles. The lowest BCUT2D eigenvalue weighted by Gasteiger charge is -2.31. The van der Waals surface area contributed by atoms with Crippen molar-refractivity contribution in [2.75, 3.05) is 13.1 Å². The van der Waals surface area contributed by atoms with Gasteiger partial charge in [-0.25, -0.2) is 0 Å². The highest BCUT2D eigenvalue weighted by Crippen LogP contribution is 2.20. The van der Waals surface area contributed by atoms with Gasteiger partial charge < -0.3 is 15.7 Å². The van der Waals surface area contributed by atoms with E-state index in [0.29, 0.717) is 19.5 Å². The lowest BCUT2D eigenvalue weighted by atomic mass is 9.93. The molecule has 1 heterocycles. The highest BCUT2D eigenvalue weighted by Gasteiger charge is 2.23. The number of carboxylic acids is 1. The predicted octanol–water partition coefficient (Wildman–Crippen LogP) is -0.0348. The Bertz CT molecular complexity index is 309. The molecular weight excluding hydrogens is 224 g/mol. The van der Waals surface area contributed by atoms with Crippen LogP contribution in [0.5, 0.6) is 0 Å². The van der Waals surface area contributed by atoms with Crippen LogP contribution in [0.2, 0.25) is 0 Å². The first kappa shape index (κ1) is 13.5. The number of nitrogens with zero attached hydrogens (tertiary/aromatic N) is 1. The summed E-state index contributed by atoms with van der Waals surface area (Å²) in [5, 5.41) is 8.48. The summed E-state index contributed by atoms with van der Waals surface area (Å²) in [7, 11) is 0. The molecule has 0 unspecified atom stereocenters. The van der Waals surface area contributed by atoms with Gasteiger partial charge in [-0.05, 0) is 18.8 Å². The average Bonchev–Trinajstić information content (AvgIpc) is 2.26. The first-order valence-corrected chi connectivity index (χ1v) is 5.77. The summed E-state index contributed by atoms with van der Waals surface area (Å²) in [5.41, 5.74) is 5.11. The van der Waals surface area contributed by atoms with Gasteiger partial charge in [-0.15, -0.1) is 0 Å². The number of aliphatic carboxylic acids is 1. The smallest absolute Gasteiger partial charge is 0.303 e. The van der Waals surface area contributed by atoms with Crippen LogP contribution in [-0.4, -0.2) is 40.9 Å². The Morgan fingerprint density at radius 2 is 1.76 bits per heavy atom. The summed E-state index contributed by atoms with van der Waals surface area (Å²) >= 11 is 0. The summed E-state index contributed by atoms with van der Waals surface area (Å²) in [4.78, 5) is 34.3. The fraction of sp³-hybridized carbons (Fsp3) is 0.727. The minimum Gasteiger partial charge on any atom is -0.481 e.